The summed E-state index contributed by atoms with van der Waals surface area (Å²) in [5, 5.41) is 6.30. The van der Waals surface area contributed by atoms with Crippen molar-refractivity contribution in [3.05, 3.63) is 112 Å². The van der Waals surface area contributed by atoms with E-state index in [0.717, 1.165) is 42.7 Å². The molecule has 0 saturated carbocycles. The Balaban J connectivity index is 0.00000148. The number of thioether (sulfide) groups is 1. The number of ketones is 1. The van der Waals surface area contributed by atoms with Gasteiger partial charge in [-0.2, -0.15) is 0 Å². The number of nitrogens with two attached hydrogens (primary N) is 1. The second-order valence-electron chi connectivity index (χ2n) is 8.41. The van der Waals surface area contributed by atoms with Crippen molar-refractivity contribution in [2.24, 2.45) is 5.73 Å². The van der Waals surface area contributed by atoms with Gasteiger partial charge in [0, 0.05) is 35.7 Å². The quantitative estimate of drug-likeness (QED) is 0.180. The van der Waals surface area contributed by atoms with Gasteiger partial charge >= 0.3 is 0 Å². The third kappa shape index (κ3) is 9.54. The molecule has 0 aromatic heterocycles. The van der Waals surface area contributed by atoms with Crippen molar-refractivity contribution in [3.8, 4) is 0 Å². The van der Waals surface area contributed by atoms with Gasteiger partial charge in [0.1, 0.15) is 11.6 Å². The standard InChI is InChI=1S/C29H27F2N3O3S.C2H6.CH5N/c1-3-26(28(35)27-24(30)5-4-6-25(27)31)38-19(2)32-21-9-7-20(8-10-21)29(36)33-22-11-13-23(14-12-22)34-15-17-37-18-16-34;2*1-2/h3-14,32H,2,15-18H2,1H3,(H,33,36);1-2H3;2H2,1H3/b26-3-;;. The molecule has 1 amide bonds. The molecule has 1 fully saturated rings. The van der Waals surface area contributed by atoms with Crippen LogP contribution in [0.2, 0.25) is 0 Å². The number of amides is 1. The van der Waals surface area contributed by atoms with Crippen molar-refractivity contribution < 1.29 is 23.1 Å². The first-order chi connectivity index (χ1) is 20.4. The highest BCUT2D eigenvalue weighted by Crippen LogP contribution is 2.30. The van der Waals surface area contributed by atoms with Gasteiger partial charge in [0.2, 0.25) is 5.78 Å². The summed E-state index contributed by atoms with van der Waals surface area (Å²) in [4.78, 5) is 27.7. The average molecular weight is 597 g/mol. The predicted octanol–water partition coefficient (Wildman–Crippen LogP) is 7.06. The lowest BCUT2D eigenvalue weighted by Gasteiger charge is -2.28. The number of rotatable bonds is 9. The van der Waals surface area contributed by atoms with E-state index in [1.54, 1.807) is 31.2 Å². The van der Waals surface area contributed by atoms with Crippen molar-refractivity contribution in [2.75, 3.05) is 48.9 Å². The number of allylic oxidation sites excluding steroid dienone is 2. The zero-order chi connectivity index (χ0) is 31.1. The second kappa shape index (κ2) is 17.7. The minimum atomic E-state index is -0.921. The van der Waals surface area contributed by atoms with Crippen molar-refractivity contribution in [1.29, 1.82) is 0 Å². The Morgan fingerprint density at radius 3 is 1.98 bits per heavy atom. The number of benzene rings is 3. The largest absolute Gasteiger partial charge is 0.378 e. The molecular weight excluding hydrogens is 558 g/mol. The number of carbonyl (C=O) groups excluding carboxylic acids is 2. The molecule has 3 aromatic rings. The van der Waals surface area contributed by atoms with Crippen LogP contribution in [0.5, 0.6) is 0 Å². The Kier molecular flexibility index (Phi) is 14.5. The van der Waals surface area contributed by atoms with Crippen LogP contribution in [0, 0.1) is 11.6 Å². The smallest absolute Gasteiger partial charge is 0.255 e. The van der Waals surface area contributed by atoms with Crippen LogP contribution in [0.3, 0.4) is 0 Å². The van der Waals surface area contributed by atoms with Crippen LogP contribution in [0.25, 0.3) is 0 Å². The number of nitrogens with zero attached hydrogens (tertiary/aromatic N) is 1. The molecule has 0 bridgehead atoms. The highest BCUT2D eigenvalue weighted by atomic mass is 32.2. The number of Topliss-reactive ketones (excluding diaryl/α,β-unsaturated/α-hetero) is 1. The van der Waals surface area contributed by atoms with E-state index >= 15 is 0 Å². The van der Waals surface area contributed by atoms with Gasteiger partial charge in [-0.05, 0) is 74.6 Å². The van der Waals surface area contributed by atoms with Crippen LogP contribution in [-0.4, -0.2) is 45.0 Å². The Bertz CT molecular complexity index is 1340. The first-order valence-corrected chi connectivity index (χ1v) is 14.4. The summed E-state index contributed by atoms with van der Waals surface area (Å²) >= 11 is 0.966. The number of morpholine rings is 1. The maximum Gasteiger partial charge on any atom is 0.255 e. The Morgan fingerprint density at radius 1 is 0.905 bits per heavy atom. The summed E-state index contributed by atoms with van der Waals surface area (Å²) in [6.07, 6.45) is 1.48. The first-order valence-electron chi connectivity index (χ1n) is 13.6. The third-order valence-electron chi connectivity index (χ3n) is 5.84. The van der Waals surface area contributed by atoms with Crippen LogP contribution in [0.15, 0.2) is 89.3 Å². The van der Waals surface area contributed by atoms with E-state index in [1.807, 2.05) is 38.1 Å². The van der Waals surface area contributed by atoms with Crippen molar-refractivity contribution >= 4 is 40.5 Å². The lowest BCUT2D eigenvalue weighted by atomic mass is 10.1. The first kappa shape index (κ1) is 34.2. The van der Waals surface area contributed by atoms with E-state index < -0.39 is 23.0 Å². The molecule has 1 aliphatic rings. The van der Waals surface area contributed by atoms with Gasteiger partial charge in [-0.25, -0.2) is 8.78 Å². The van der Waals surface area contributed by atoms with Crippen LogP contribution >= 0.6 is 11.8 Å². The van der Waals surface area contributed by atoms with Gasteiger partial charge in [0.05, 0.1) is 28.7 Å². The van der Waals surface area contributed by atoms with Gasteiger partial charge < -0.3 is 26.0 Å². The SMILES string of the molecule is C=C(Nc1ccc(C(=O)Nc2ccc(N3CCOCC3)cc2)cc1)S/C(=C\C)C(=O)c1c(F)cccc1F.CC.CN. The number of halogens is 2. The molecule has 1 heterocycles. The number of hydrogen-bond donors (Lipinski definition) is 3. The maximum atomic E-state index is 14.0. The normalized spacial score (nSPS) is 12.6. The highest BCUT2D eigenvalue weighted by Gasteiger charge is 2.21. The Labute approximate surface area is 250 Å². The lowest BCUT2D eigenvalue weighted by molar-refractivity contribution is 0.102. The summed E-state index contributed by atoms with van der Waals surface area (Å²) < 4.78 is 33.5. The predicted molar refractivity (Wildman–Crippen MR) is 170 cm³/mol. The Morgan fingerprint density at radius 2 is 1.43 bits per heavy atom. The van der Waals surface area contributed by atoms with Crippen molar-refractivity contribution in [1.82, 2.24) is 0 Å². The van der Waals surface area contributed by atoms with Crippen molar-refractivity contribution in [2.45, 2.75) is 20.8 Å². The zero-order valence-corrected chi connectivity index (χ0v) is 25.2. The summed E-state index contributed by atoms with van der Waals surface area (Å²) in [6.45, 7) is 12.6. The molecule has 4 N–H and O–H groups in total. The van der Waals surface area contributed by atoms with Gasteiger partial charge in [0.15, 0.2) is 0 Å². The second-order valence-corrected chi connectivity index (χ2v) is 9.54. The minimum Gasteiger partial charge on any atom is -0.378 e. The van der Waals surface area contributed by atoms with E-state index in [0.29, 0.717) is 35.2 Å². The number of carbonyl (C=O) groups is 2. The molecule has 42 heavy (non-hydrogen) atoms. The average Bonchev–Trinajstić information content (AvgIpc) is 3.03. The van der Waals surface area contributed by atoms with Crippen LogP contribution in [-0.2, 0) is 4.74 Å². The van der Waals surface area contributed by atoms with Gasteiger partial charge in [-0.1, -0.05) is 44.3 Å². The van der Waals surface area contributed by atoms with E-state index in [4.69, 9.17) is 4.74 Å². The molecule has 3 aromatic carbocycles. The number of nitrogens with one attached hydrogen (secondary N) is 2. The molecule has 224 valence electrons. The molecule has 7 nitrogen and oxygen atoms in total. The van der Waals surface area contributed by atoms with E-state index in [1.165, 1.54) is 19.2 Å². The molecule has 1 aliphatic heterocycles. The highest BCUT2D eigenvalue weighted by molar-refractivity contribution is 8.07. The monoisotopic (exact) mass is 596 g/mol. The molecule has 0 aliphatic carbocycles. The summed E-state index contributed by atoms with van der Waals surface area (Å²) in [5.41, 5.74) is 6.77. The molecule has 0 radical (unpaired) electrons. The number of hydrogen-bond acceptors (Lipinski definition) is 7. The molecular formula is C32H38F2N4O3S. The molecule has 1 saturated heterocycles. The topological polar surface area (TPSA) is 96.7 Å². The molecule has 10 heteroatoms. The molecule has 0 unspecified atom stereocenters. The van der Waals surface area contributed by atoms with Crippen LogP contribution < -0.4 is 21.3 Å². The molecule has 0 atom stereocenters. The summed E-state index contributed by atoms with van der Waals surface area (Å²) in [7, 11) is 1.50. The molecule has 4 rings (SSSR count). The fraction of sp³-hybridized carbons (Fsp3) is 0.250. The fourth-order valence-corrected chi connectivity index (χ4v) is 4.63. The van der Waals surface area contributed by atoms with Gasteiger partial charge in [-0.3, -0.25) is 9.59 Å². The number of anilines is 3. The fourth-order valence-electron chi connectivity index (χ4n) is 3.88. The summed E-state index contributed by atoms with van der Waals surface area (Å²) in [6, 6.07) is 17.7. The van der Waals surface area contributed by atoms with Crippen LogP contribution in [0.4, 0.5) is 25.8 Å². The van der Waals surface area contributed by atoms with E-state index in [-0.39, 0.29) is 10.8 Å². The minimum absolute atomic E-state index is 0.127. The summed E-state index contributed by atoms with van der Waals surface area (Å²) in [5.74, 6) is -2.86. The number of ether oxygens (including phenoxy) is 1. The van der Waals surface area contributed by atoms with Crippen molar-refractivity contribution in [3.63, 3.8) is 0 Å². The molecule has 0 spiro atoms. The third-order valence-corrected chi connectivity index (χ3v) is 6.83. The van der Waals surface area contributed by atoms with Gasteiger partial charge in [0.25, 0.3) is 5.91 Å². The van der Waals surface area contributed by atoms with Gasteiger partial charge in [-0.15, -0.1) is 0 Å². The maximum absolute atomic E-state index is 14.0. The van der Waals surface area contributed by atoms with E-state index in [9.17, 15) is 18.4 Å². The Hall–Kier alpha value is -3.99. The van der Waals surface area contributed by atoms with Crippen LogP contribution in [0.1, 0.15) is 41.5 Å². The lowest BCUT2D eigenvalue weighted by Crippen LogP contribution is -2.36. The zero-order valence-electron chi connectivity index (χ0n) is 24.4. The van der Waals surface area contributed by atoms with E-state index in [2.05, 4.69) is 27.8 Å².